The first-order valence-corrected chi connectivity index (χ1v) is 10.6. The van der Waals surface area contributed by atoms with E-state index in [9.17, 15) is 4.79 Å². The van der Waals surface area contributed by atoms with Gasteiger partial charge in [-0.1, -0.05) is 0 Å². The van der Waals surface area contributed by atoms with Gasteiger partial charge < -0.3 is 10.1 Å². The van der Waals surface area contributed by atoms with Gasteiger partial charge in [0.1, 0.15) is 0 Å². The van der Waals surface area contributed by atoms with Gasteiger partial charge in [-0.2, -0.15) is 4.98 Å². The van der Waals surface area contributed by atoms with Crippen molar-refractivity contribution in [2.45, 2.75) is 62.9 Å². The number of aliphatic imine (C=N–C) groups is 1. The maximum Gasteiger partial charge on any atom is 0.311 e. The quantitative estimate of drug-likeness (QED) is 0.577. The number of halogens is 2. The minimum atomic E-state index is -0.457. The van der Waals surface area contributed by atoms with Crippen molar-refractivity contribution in [1.29, 1.82) is 0 Å². The van der Waals surface area contributed by atoms with Crippen LogP contribution in [0.4, 0.5) is 10.2 Å². The normalized spacial score (nSPS) is 34.2. The zero-order chi connectivity index (χ0) is 19.5. The summed E-state index contributed by atoms with van der Waals surface area (Å²) in [4.78, 5) is 25.3. The molecule has 4 fully saturated rings. The van der Waals surface area contributed by atoms with Crippen LogP contribution in [0.5, 0.6) is 0 Å². The summed E-state index contributed by atoms with van der Waals surface area (Å²) in [6.07, 6.45) is 7.64. The molecule has 6 nitrogen and oxygen atoms in total. The van der Waals surface area contributed by atoms with Gasteiger partial charge in [-0.05, 0) is 68.9 Å². The SMILES string of the molecule is CCOC(=O)[C@H]1C2CCC(CC2)[C@@H]1Nc1nc(Cl)nc(C2(C3C=N3)CC2)c1F. The zero-order valence-electron chi connectivity index (χ0n) is 15.8. The van der Waals surface area contributed by atoms with Crippen molar-refractivity contribution in [2.24, 2.45) is 22.7 Å². The molecule has 0 amide bonds. The van der Waals surface area contributed by atoms with Crippen LogP contribution in [0.1, 0.15) is 51.1 Å². The van der Waals surface area contributed by atoms with E-state index in [2.05, 4.69) is 20.3 Å². The number of rotatable bonds is 6. The lowest BCUT2D eigenvalue weighted by atomic mass is 9.61. The Kier molecular flexibility index (Phi) is 4.34. The summed E-state index contributed by atoms with van der Waals surface area (Å²) >= 11 is 6.16. The molecule has 150 valence electrons. The number of esters is 1. The second kappa shape index (κ2) is 6.65. The van der Waals surface area contributed by atoms with Crippen LogP contribution in [-0.4, -0.2) is 40.8 Å². The zero-order valence-corrected chi connectivity index (χ0v) is 16.6. The summed E-state index contributed by atoms with van der Waals surface area (Å²) in [5.74, 6) is -0.241. The summed E-state index contributed by atoms with van der Waals surface area (Å²) < 4.78 is 20.8. The van der Waals surface area contributed by atoms with E-state index >= 15 is 4.39 Å². The molecular weight excluding hydrogens is 383 g/mol. The van der Waals surface area contributed by atoms with Gasteiger partial charge in [0.05, 0.1) is 24.3 Å². The molecule has 3 atom stereocenters. The summed E-state index contributed by atoms with van der Waals surface area (Å²) in [5.41, 5.74) is -0.00898. The lowest BCUT2D eigenvalue weighted by molar-refractivity contribution is -0.154. The molecule has 8 heteroatoms. The smallest absolute Gasteiger partial charge is 0.311 e. The summed E-state index contributed by atoms with van der Waals surface area (Å²) in [6, 6.07) is -0.161. The predicted octanol–water partition coefficient (Wildman–Crippen LogP) is 3.53. The van der Waals surface area contributed by atoms with Crippen molar-refractivity contribution in [3.8, 4) is 0 Å². The van der Waals surface area contributed by atoms with Crippen LogP contribution in [-0.2, 0) is 14.9 Å². The molecule has 5 aliphatic rings. The largest absolute Gasteiger partial charge is 0.466 e. The number of ether oxygens (including phenoxy) is 1. The molecule has 1 N–H and O–H groups in total. The minimum absolute atomic E-state index is 0.0267. The molecule has 2 heterocycles. The number of fused-ring (bicyclic) bond motifs is 3. The van der Waals surface area contributed by atoms with Crippen molar-refractivity contribution < 1.29 is 13.9 Å². The van der Waals surface area contributed by atoms with Gasteiger partial charge in [-0.3, -0.25) is 9.79 Å². The third kappa shape index (κ3) is 2.90. The Morgan fingerprint density at radius 3 is 2.57 bits per heavy atom. The second-order valence-electron chi connectivity index (χ2n) is 8.53. The Morgan fingerprint density at radius 1 is 1.29 bits per heavy atom. The van der Waals surface area contributed by atoms with Gasteiger partial charge in [-0.25, -0.2) is 9.37 Å². The molecule has 6 rings (SSSR count). The highest BCUT2D eigenvalue weighted by Gasteiger charge is 2.57. The molecule has 2 bridgehead atoms. The molecular formula is C20H24ClFN4O2. The fourth-order valence-corrected chi connectivity index (χ4v) is 5.54. The lowest BCUT2D eigenvalue weighted by Crippen LogP contribution is -2.52. The van der Waals surface area contributed by atoms with Gasteiger partial charge >= 0.3 is 5.97 Å². The van der Waals surface area contributed by atoms with Crippen LogP contribution in [0.15, 0.2) is 4.99 Å². The maximum atomic E-state index is 15.4. The number of carbonyl (C=O) groups is 1. The van der Waals surface area contributed by atoms with Crippen LogP contribution in [0.2, 0.25) is 5.28 Å². The summed E-state index contributed by atoms with van der Waals surface area (Å²) in [7, 11) is 0. The van der Waals surface area contributed by atoms with E-state index in [1.54, 1.807) is 0 Å². The Balaban J connectivity index is 1.46. The van der Waals surface area contributed by atoms with Crippen LogP contribution in [0, 0.1) is 23.6 Å². The van der Waals surface area contributed by atoms with E-state index in [-0.39, 0.29) is 46.4 Å². The van der Waals surface area contributed by atoms with Gasteiger partial charge in [0, 0.05) is 17.7 Å². The van der Waals surface area contributed by atoms with E-state index in [4.69, 9.17) is 16.3 Å². The Labute approximate surface area is 168 Å². The fourth-order valence-electron chi connectivity index (χ4n) is 5.37. The molecule has 0 radical (unpaired) electrons. The topological polar surface area (TPSA) is 76.5 Å². The van der Waals surface area contributed by atoms with E-state index in [1.807, 2.05) is 13.1 Å². The molecule has 1 aromatic rings. The van der Waals surface area contributed by atoms with Crippen molar-refractivity contribution in [2.75, 3.05) is 11.9 Å². The van der Waals surface area contributed by atoms with Crippen LogP contribution in [0.3, 0.4) is 0 Å². The molecule has 4 saturated carbocycles. The highest BCUT2D eigenvalue weighted by Crippen LogP contribution is 2.55. The monoisotopic (exact) mass is 406 g/mol. The van der Waals surface area contributed by atoms with Gasteiger partial charge in [0.15, 0.2) is 11.6 Å². The van der Waals surface area contributed by atoms with E-state index in [0.29, 0.717) is 18.2 Å². The van der Waals surface area contributed by atoms with Crippen molar-refractivity contribution >= 4 is 29.6 Å². The highest BCUT2D eigenvalue weighted by atomic mass is 35.5. The van der Waals surface area contributed by atoms with Gasteiger partial charge in [-0.15, -0.1) is 0 Å². The Hall–Kier alpha value is -1.76. The first-order valence-electron chi connectivity index (χ1n) is 10.2. The first-order chi connectivity index (χ1) is 13.5. The molecule has 4 aliphatic carbocycles. The number of aromatic nitrogens is 2. The van der Waals surface area contributed by atoms with E-state index < -0.39 is 5.82 Å². The average Bonchev–Trinajstić information content (AvgIpc) is 3.58. The lowest BCUT2D eigenvalue weighted by Gasteiger charge is -2.47. The van der Waals surface area contributed by atoms with Crippen LogP contribution >= 0.6 is 11.6 Å². The van der Waals surface area contributed by atoms with Crippen LogP contribution in [0.25, 0.3) is 0 Å². The molecule has 0 saturated heterocycles. The molecule has 1 unspecified atom stereocenters. The number of carbonyl (C=O) groups excluding carboxylic acids is 1. The second-order valence-corrected chi connectivity index (χ2v) is 8.86. The highest BCUT2D eigenvalue weighted by molar-refractivity contribution is 6.28. The fraction of sp³-hybridized carbons (Fsp3) is 0.700. The van der Waals surface area contributed by atoms with Crippen molar-refractivity contribution in [3.05, 3.63) is 16.8 Å². The van der Waals surface area contributed by atoms with Crippen molar-refractivity contribution in [3.63, 3.8) is 0 Å². The Morgan fingerprint density at radius 2 is 1.96 bits per heavy atom. The third-order valence-electron chi connectivity index (χ3n) is 7.03. The standard InChI is InChI=1S/C20H24ClFN4O2/c1-2-28-18(27)13-10-3-5-11(6-4-10)15(13)24-17-14(22)16(25-19(21)26-17)20(7-8-20)12-9-23-12/h9-13,15H,2-8H2,1H3,(H,24,25,26)/t10?,11?,12?,13-,15-/m0/s1. The molecule has 0 spiro atoms. The summed E-state index contributed by atoms with van der Waals surface area (Å²) in [6.45, 7) is 2.16. The van der Waals surface area contributed by atoms with Crippen molar-refractivity contribution in [1.82, 2.24) is 9.97 Å². The van der Waals surface area contributed by atoms with E-state index in [0.717, 1.165) is 38.5 Å². The average molecular weight is 407 g/mol. The number of hydrogen-bond acceptors (Lipinski definition) is 6. The maximum absolute atomic E-state index is 15.4. The Bertz CT molecular complexity index is 830. The first kappa shape index (κ1) is 18.3. The third-order valence-corrected chi connectivity index (χ3v) is 7.20. The predicted molar refractivity (Wildman–Crippen MR) is 103 cm³/mol. The minimum Gasteiger partial charge on any atom is -0.466 e. The number of nitrogens with one attached hydrogen (secondary N) is 1. The number of nitrogens with zero attached hydrogens (tertiary/aromatic N) is 3. The van der Waals surface area contributed by atoms with Gasteiger partial charge in [0.2, 0.25) is 5.28 Å². The number of hydrogen-bond donors (Lipinski definition) is 1. The van der Waals surface area contributed by atoms with E-state index in [1.165, 1.54) is 0 Å². The molecule has 0 aromatic carbocycles. The molecule has 28 heavy (non-hydrogen) atoms. The van der Waals surface area contributed by atoms with Crippen LogP contribution < -0.4 is 5.32 Å². The molecule has 1 aromatic heterocycles. The molecule has 1 aliphatic heterocycles. The summed E-state index contributed by atoms with van der Waals surface area (Å²) in [5, 5.41) is 3.29. The number of anilines is 1. The van der Waals surface area contributed by atoms with Gasteiger partial charge in [0.25, 0.3) is 0 Å².